The zero-order valence-electron chi connectivity index (χ0n) is 27.0. The first kappa shape index (κ1) is 31.8. The quantitative estimate of drug-likeness (QED) is 0.120. The van der Waals surface area contributed by atoms with E-state index in [-0.39, 0.29) is 23.1 Å². The lowest BCUT2D eigenvalue weighted by Gasteiger charge is -2.58. The maximum Gasteiger partial charge on any atom is 0.245 e. The highest BCUT2D eigenvalue weighted by atomic mass is 16.3. The molecule has 3 heterocycles. The number of rotatable bonds is 8. The van der Waals surface area contributed by atoms with Gasteiger partial charge in [0.1, 0.15) is 11.4 Å². The molecule has 1 saturated carbocycles. The molecule has 1 spiro atoms. The van der Waals surface area contributed by atoms with E-state index in [1.807, 2.05) is 43.3 Å². The van der Waals surface area contributed by atoms with E-state index < -0.39 is 5.60 Å². The van der Waals surface area contributed by atoms with E-state index in [4.69, 9.17) is 5.10 Å². The molecule has 0 unspecified atom stereocenters. The Kier molecular flexibility index (Phi) is 8.27. The van der Waals surface area contributed by atoms with Gasteiger partial charge in [-0.1, -0.05) is 25.3 Å². The zero-order valence-corrected chi connectivity index (χ0v) is 27.0. The number of hydrogen-bond acceptors (Lipinski definition) is 6. The molecule has 4 aromatic rings. The molecule has 0 radical (unpaired) electrons. The first-order valence-corrected chi connectivity index (χ1v) is 15.2. The number of likely N-dealkylation sites (tertiary alicyclic amines) is 1. The third-order valence-corrected chi connectivity index (χ3v) is 9.00. The van der Waals surface area contributed by atoms with Gasteiger partial charge in [-0.15, -0.1) is 13.2 Å². The van der Waals surface area contributed by atoms with Crippen molar-refractivity contribution in [3.8, 4) is 28.1 Å². The van der Waals surface area contributed by atoms with Crippen LogP contribution >= 0.6 is 0 Å². The lowest BCUT2D eigenvalue weighted by atomic mass is 9.60. The van der Waals surface area contributed by atoms with E-state index in [9.17, 15) is 15.0 Å². The number of aromatic hydroxyl groups is 1. The van der Waals surface area contributed by atoms with Gasteiger partial charge in [0.2, 0.25) is 5.91 Å². The number of amides is 1. The summed E-state index contributed by atoms with van der Waals surface area (Å²) in [6.07, 6.45) is 6.99. The molecule has 9 heteroatoms. The molecular weight excluding hydrogens is 564 g/mol. The van der Waals surface area contributed by atoms with E-state index in [0.29, 0.717) is 12.1 Å². The third kappa shape index (κ3) is 5.57. The summed E-state index contributed by atoms with van der Waals surface area (Å²) in [4.78, 5) is 13.9. The molecule has 6 rings (SSSR count). The van der Waals surface area contributed by atoms with Crippen molar-refractivity contribution in [2.45, 2.75) is 58.7 Å². The number of carbonyl (C=O) groups excluding carboxylic acids is 1. The molecule has 236 valence electrons. The minimum absolute atomic E-state index is 0.0117. The highest BCUT2D eigenvalue weighted by molar-refractivity contribution is 5.96. The highest BCUT2D eigenvalue weighted by Crippen LogP contribution is 2.55. The molecule has 2 fully saturated rings. The number of fused-ring (bicyclic) bond motifs is 1. The van der Waals surface area contributed by atoms with Crippen LogP contribution in [0.15, 0.2) is 62.9 Å². The summed E-state index contributed by atoms with van der Waals surface area (Å²) in [6.45, 7) is 23.1. The van der Waals surface area contributed by atoms with Crippen LogP contribution < -0.4 is 5.32 Å². The summed E-state index contributed by atoms with van der Waals surface area (Å²) in [6, 6.07) is 8.19. The Morgan fingerprint density at radius 2 is 1.82 bits per heavy atom. The number of phenolic OH excluding ortho intramolecular Hbond substituents is 1. The fraction of sp³-hybridized carbons (Fsp3) is 0.361. The Balaban J connectivity index is 0.00000196. The predicted octanol–water partition coefficient (Wildman–Crippen LogP) is 6.50. The molecule has 0 bridgehead atoms. The van der Waals surface area contributed by atoms with Gasteiger partial charge in [-0.05, 0) is 70.4 Å². The minimum atomic E-state index is -0.890. The standard InChI is InChI=1S/C34H40N6O3.C2H4/c1-8-25-27(35-7)12-20(3)32(42)30(25)29-21(4)40(24-14-34(15-24)18-38(19-34)28(41)9-2)37-31(29)22-10-11-26-23(13-22)16-39(36-26)17-33(5,6)43;1-2/h8-13,16,24,35,42-43H,1-2,14-15,17-19H2,3-7H3;1-2H2. The molecule has 2 aromatic carbocycles. The van der Waals surface area contributed by atoms with Crippen molar-refractivity contribution in [1.29, 1.82) is 0 Å². The highest BCUT2D eigenvalue weighted by Gasteiger charge is 2.54. The Morgan fingerprint density at radius 1 is 1.13 bits per heavy atom. The second kappa shape index (κ2) is 11.7. The second-order valence-electron chi connectivity index (χ2n) is 13.0. The molecule has 2 aliphatic rings. The molecular formula is C36H44N6O3. The molecule has 45 heavy (non-hydrogen) atoms. The minimum Gasteiger partial charge on any atom is -0.507 e. The third-order valence-electron chi connectivity index (χ3n) is 9.00. The van der Waals surface area contributed by atoms with E-state index in [2.05, 4.69) is 54.4 Å². The van der Waals surface area contributed by atoms with Crippen LogP contribution in [0.3, 0.4) is 0 Å². The number of hydrogen-bond donors (Lipinski definition) is 3. The number of aliphatic hydroxyl groups is 1. The van der Waals surface area contributed by atoms with E-state index >= 15 is 0 Å². The summed E-state index contributed by atoms with van der Waals surface area (Å²) >= 11 is 0. The molecule has 1 saturated heterocycles. The van der Waals surface area contributed by atoms with Gasteiger partial charge in [-0.3, -0.25) is 14.2 Å². The summed E-state index contributed by atoms with van der Waals surface area (Å²) in [7, 11) is 1.87. The number of phenols is 1. The van der Waals surface area contributed by atoms with Crippen molar-refractivity contribution in [3.63, 3.8) is 0 Å². The normalized spacial score (nSPS) is 15.6. The van der Waals surface area contributed by atoms with Crippen molar-refractivity contribution < 1.29 is 15.0 Å². The van der Waals surface area contributed by atoms with Gasteiger partial charge in [0.15, 0.2) is 0 Å². The van der Waals surface area contributed by atoms with E-state index in [1.165, 1.54) is 6.08 Å². The van der Waals surface area contributed by atoms with Crippen molar-refractivity contribution in [1.82, 2.24) is 24.5 Å². The average Bonchev–Trinajstić information content (AvgIpc) is 3.51. The van der Waals surface area contributed by atoms with Crippen LogP contribution in [0.25, 0.3) is 39.4 Å². The summed E-state index contributed by atoms with van der Waals surface area (Å²) in [5.74, 6) is 0.196. The zero-order chi connectivity index (χ0) is 32.8. The van der Waals surface area contributed by atoms with Crippen molar-refractivity contribution in [2.75, 3.05) is 25.5 Å². The first-order valence-electron chi connectivity index (χ1n) is 15.2. The monoisotopic (exact) mass is 608 g/mol. The van der Waals surface area contributed by atoms with Crippen LogP contribution in [-0.2, 0) is 11.3 Å². The topological polar surface area (TPSA) is 108 Å². The summed E-state index contributed by atoms with van der Waals surface area (Å²) < 4.78 is 3.89. The molecule has 1 amide bonds. The van der Waals surface area contributed by atoms with Crippen LogP contribution in [0.1, 0.15) is 49.6 Å². The SMILES string of the molecule is C=C.C=CC(=O)N1CC2(CC(n3nc(-c4ccc5nn(CC(C)(C)O)cc5c4)c(-c4c(O)c(C)cc(NC)c4C=C)c3C)C2)C1. The fourth-order valence-corrected chi connectivity index (χ4v) is 6.99. The number of nitrogens with zero attached hydrogens (tertiary/aromatic N) is 5. The number of benzene rings is 2. The molecule has 9 nitrogen and oxygen atoms in total. The van der Waals surface area contributed by atoms with Gasteiger partial charge < -0.3 is 20.4 Å². The fourth-order valence-electron chi connectivity index (χ4n) is 6.99. The van der Waals surface area contributed by atoms with Crippen molar-refractivity contribution >= 4 is 28.6 Å². The molecule has 0 atom stereocenters. The van der Waals surface area contributed by atoms with Crippen LogP contribution in [0.2, 0.25) is 0 Å². The van der Waals surface area contributed by atoms with Gasteiger partial charge in [-0.2, -0.15) is 10.2 Å². The lowest BCUT2D eigenvalue weighted by molar-refractivity contribution is -0.149. The molecule has 3 N–H and O–H groups in total. The maximum atomic E-state index is 12.1. The molecule has 2 aromatic heterocycles. The summed E-state index contributed by atoms with van der Waals surface area (Å²) in [5, 5.41) is 35.9. The molecule has 1 aliphatic heterocycles. The molecule has 1 aliphatic carbocycles. The van der Waals surface area contributed by atoms with Crippen molar-refractivity contribution in [3.05, 3.63) is 79.7 Å². The van der Waals surface area contributed by atoms with Gasteiger partial charge in [0.25, 0.3) is 0 Å². The number of carbonyl (C=O) groups is 1. The van der Waals surface area contributed by atoms with Crippen molar-refractivity contribution in [2.24, 2.45) is 5.41 Å². The van der Waals surface area contributed by atoms with Gasteiger partial charge >= 0.3 is 0 Å². The van der Waals surface area contributed by atoms with Crippen LogP contribution in [0.5, 0.6) is 5.75 Å². The van der Waals surface area contributed by atoms with Crippen LogP contribution in [0, 0.1) is 19.3 Å². The Hall–Kier alpha value is -4.63. The van der Waals surface area contributed by atoms with E-state index in [0.717, 1.165) is 76.2 Å². The van der Waals surface area contributed by atoms with Gasteiger partial charge in [0.05, 0.1) is 23.7 Å². The number of aryl methyl sites for hydroxylation is 1. The first-order chi connectivity index (χ1) is 21.4. The van der Waals surface area contributed by atoms with Gasteiger partial charge in [0, 0.05) is 70.8 Å². The van der Waals surface area contributed by atoms with Gasteiger partial charge in [-0.25, -0.2) is 0 Å². The summed E-state index contributed by atoms with van der Waals surface area (Å²) in [5.41, 5.74) is 6.76. The Labute approximate surface area is 265 Å². The number of aromatic nitrogens is 4. The average molecular weight is 609 g/mol. The Bertz CT molecular complexity index is 1790. The largest absolute Gasteiger partial charge is 0.507 e. The maximum absolute atomic E-state index is 12.1. The second-order valence-corrected chi connectivity index (χ2v) is 13.0. The van der Waals surface area contributed by atoms with Crippen LogP contribution in [0.4, 0.5) is 5.69 Å². The van der Waals surface area contributed by atoms with E-state index in [1.54, 1.807) is 24.6 Å². The predicted molar refractivity (Wildman–Crippen MR) is 182 cm³/mol. The number of nitrogens with one attached hydrogen (secondary N) is 1. The van der Waals surface area contributed by atoms with Crippen LogP contribution in [-0.4, -0.2) is 66.3 Å². The smallest absolute Gasteiger partial charge is 0.245 e. The lowest BCUT2D eigenvalue weighted by Crippen LogP contribution is -2.63. The Morgan fingerprint density at radius 3 is 2.42 bits per heavy atom. The number of anilines is 1.